The summed E-state index contributed by atoms with van der Waals surface area (Å²) in [6.45, 7) is 8.22. The Bertz CT molecular complexity index is 365. The number of unbranched alkanes of at least 4 members (excludes halogenated alkanes) is 2. The predicted octanol–water partition coefficient (Wildman–Crippen LogP) is 4.17. The minimum atomic E-state index is -0.406. The molecule has 0 aromatic carbocycles. The molecule has 1 aromatic rings. The number of hydrogen-bond acceptors (Lipinski definition) is 2. The van der Waals surface area contributed by atoms with Gasteiger partial charge in [0.1, 0.15) is 5.69 Å². The smallest absolute Gasteiger partial charge is 0.235 e. The van der Waals surface area contributed by atoms with E-state index in [2.05, 4.69) is 30.7 Å². The molecule has 0 aliphatic rings. The van der Waals surface area contributed by atoms with Crippen molar-refractivity contribution in [3.8, 4) is 0 Å². The molecule has 1 atom stereocenters. The van der Waals surface area contributed by atoms with Crippen LogP contribution in [0.5, 0.6) is 0 Å². The van der Waals surface area contributed by atoms with Crippen molar-refractivity contribution in [1.82, 2.24) is 9.97 Å². The molecule has 0 spiro atoms. The Labute approximate surface area is 104 Å². The maximum absolute atomic E-state index is 13.8. The molecule has 0 amide bonds. The van der Waals surface area contributed by atoms with Gasteiger partial charge in [-0.25, -0.2) is 4.98 Å². The second-order valence-electron chi connectivity index (χ2n) is 5.02. The fourth-order valence-electron chi connectivity index (χ4n) is 2.07. The van der Waals surface area contributed by atoms with Crippen LogP contribution in [0.3, 0.4) is 0 Å². The molecule has 0 bridgehead atoms. The molecule has 1 heterocycles. The Morgan fingerprint density at radius 3 is 2.59 bits per heavy atom. The molecule has 2 nitrogen and oxygen atoms in total. The van der Waals surface area contributed by atoms with Gasteiger partial charge in [-0.15, -0.1) is 0 Å². The van der Waals surface area contributed by atoms with Crippen molar-refractivity contribution in [2.45, 2.75) is 65.2 Å². The van der Waals surface area contributed by atoms with Crippen LogP contribution in [0.15, 0.2) is 6.20 Å². The van der Waals surface area contributed by atoms with Crippen LogP contribution >= 0.6 is 0 Å². The van der Waals surface area contributed by atoms with Gasteiger partial charge in [0.05, 0.1) is 11.9 Å². The van der Waals surface area contributed by atoms with E-state index in [4.69, 9.17) is 0 Å². The van der Waals surface area contributed by atoms with Crippen molar-refractivity contribution in [2.24, 2.45) is 0 Å². The quantitative estimate of drug-likeness (QED) is 0.695. The van der Waals surface area contributed by atoms with Crippen LogP contribution in [0.1, 0.15) is 64.3 Å². The van der Waals surface area contributed by atoms with Gasteiger partial charge >= 0.3 is 0 Å². The van der Waals surface area contributed by atoms with Crippen molar-refractivity contribution in [3.63, 3.8) is 0 Å². The summed E-state index contributed by atoms with van der Waals surface area (Å²) in [5, 5.41) is 0. The second-order valence-corrected chi connectivity index (χ2v) is 5.02. The second kappa shape index (κ2) is 6.08. The zero-order valence-corrected chi connectivity index (χ0v) is 11.4. The van der Waals surface area contributed by atoms with E-state index in [9.17, 15) is 4.39 Å². The fraction of sp³-hybridized carbons (Fsp3) is 0.714. The maximum atomic E-state index is 13.8. The Balaban J connectivity index is 2.94. The first-order valence-electron chi connectivity index (χ1n) is 6.53. The maximum Gasteiger partial charge on any atom is 0.235 e. The van der Waals surface area contributed by atoms with Crippen LogP contribution in [0.4, 0.5) is 4.39 Å². The van der Waals surface area contributed by atoms with Crippen LogP contribution in [0.2, 0.25) is 0 Å². The highest BCUT2D eigenvalue weighted by atomic mass is 19.1. The highest BCUT2D eigenvalue weighted by Gasteiger charge is 2.29. The van der Waals surface area contributed by atoms with Crippen molar-refractivity contribution in [2.75, 3.05) is 0 Å². The number of aryl methyl sites for hydroxylation is 1. The van der Waals surface area contributed by atoms with Gasteiger partial charge < -0.3 is 0 Å². The summed E-state index contributed by atoms with van der Waals surface area (Å²) in [4.78, 5) is 8.15. The number of hydrogen-bond donors (Lipinski definition) is 0. The molecular weight excluding hydrogens is 215 g/mol. The molecule has 0 saturated heterocycles. The van der Waals surface area contributed by atoms with E-state index >= 15 is 0 Å². The number of halogens is 1. The van der Waals surface area contributed by atoms with Gasteiger partial charge in [-0.1, -0.05) is 40.0 Å². The lowest BCUT2D eigenvalue weighted by atomic mass is 9.79. The van der Waals surface area contributed by atoms with E-state index in [1.54, 1.807) is 0 Å². The van der Waals surface area contributed by atoms with Crippen LogP contribution in [0, 0.1) is 12.9 Å². The van der Waals surface area contributed by atoms with Crippen molar-refractivity contribution < 1.29 is 4.39 Å². The van der Waals surface area contributed by atoms with Crippen LogP contribution in [0.25, 0.3) is 0 Å². The van der Waals surface area contributed by atoms with E-state index < -0.39 is 5.95 Å². The Morgan fingerprint density at radius 2 is 2.00 bits per heavy atom. The van der Waals surface area contributed by atoms with Gasteiger partial charge in [0.15, 0.2) is 0 Å². The van der Waals surface area contributed by atoms with E-state index in [0.717, 1.165) is 25.0 Å². The molecule has 1 unspecified atom stereocenters. The largest absolute Gasteiger partial charge is 0.251 e. The van der Waals surface area contributed by atoms with Crippen LogP contribution in [-0.2, 0) is 5.41 Å². The summed E-state index contributed by atoms with van der Waals surface area (Å²) in [5.74, 6) is -0.406. The van der Waals surface area contributed by atoms with E-state index in [1.807, 2.05) is 6.92 Å². The minimum absolute atomic E-state index is 0.182. The standard InChI is InChI=1S/C14H23FN2/c1-5-7-8-9-14(4,6-2)12-13(15)16-10-11(3)17-12/h10H,5-9H2,1-4H3. The minimum Gasteiger partial charge on any atom is -0.251 e. The summed E-state index contributed by atoms with van der Waals surface area (Å²) in [5.41, 5.74) is 1.14. The Hall–Kier alpha value is -0.990. The van der Waals surface area contributed by atoms with E-state index in [-0.39, 0.29) is 5.41 Å². The first-order chi connectivity index (χ1) is 8.03. The topological polar surface area (TPSA) is 25.8 Å². The molecule has 3 heteroatoms. The summed E-state index contributed by atoms with van der Waals surface area (Å²) in [7, 11) is 0. The Morgan fingerprint density at radius 1 is 1.29 bits per heavy atom. The zero-order chi connectivity index (χ0) is 12.9. The lowest BCUT2D eigenvalue weighted by Crippen LogP contribution is -2.25. The summed E-state index contributed by atoms with van der Waals surface area (Å²) >= 11 is 0. The van der Waals surface area contributed by atoms with Gasteiger partial charge in [0.2, 0.25) is 5.95 Å². The molecule has 0 aliphatic carbocycles. The van der Waals surface area contributed by atoms with Crippen LogP contribution in [-0.4, -0.2) is 9.97 Å². The van der Waals surface area contributed by atoms with Crippen molar-refractivity contribution in [3.05, 3.63) is 23.5 Å². The molecule has 17 heavy (non-hydrogen) atoms. The average molecular weight is 238 g/mol. The van der Waals surface area contributed by atoms with Gasteiger partial charge in [-0.3, -0.25) is 4.98 Å². The normalized spacial score (nSPS) is 14.6. The summed E-state index contributed by atoms with van der Waals surface area (Å²) in [6, 6.07) is 0. The monoisotopic (exact) mass is 238 g/mol. The van der Waals surface area contributed by atoms with Gasteiger partial charge in [-0.05, 0) is 19.8 Å². The first-order valence-corrected chi connectivity index (χ1v) is 6.53. The van der Waals surface area contributed by atoms with Crippen molar-refractivity contribution in [1.29, 1.82) is 0 Å². The first kappa shape index (κ1) is 14.1. The molecule has 96 valence electrons. The highest BCUT2D eigenvalue weighted by molar-refractivity contribution is 5.15. The molecule has 1 rings (SSSR count). The molecule has 0 fully saturated rings. The lowest BCUT2D eigenvalue weighted by Gasteiger charge is -2.27. The number of aromatic nitrogens is 2. The summed E-state index contributed by atoms with van der Waals surface area (Å²) in [6.07, 6.45) is 6.85. The van der Waals surface area contributed by atoms with Crippen molar-refractivity contribution >= 4 is 0 Å². The summed E-state index contributed by atoms with van der Waals surface area (Å²) < 4.78 is 13.8. The third-order valence-electron chi connectivity index (χ3n) is 3.53. The van der Waals surface area contributed by atoms with Gasteiger partial charge in [-0.2, -0.15) is 4.39 Å². The zero-order valence-electron chi connectivity index (χ0n) is 11.4. The van der Waals surface area contributed by atoms with E-state index in [0.29, 0.717) is 5.69 Å². The van der Waals surface area contributed by atoms with E-state index in [1.165, 1.54) is 19.0 Å². The molecule has 0 saturated carbocycles. The highest BCUT2D eigenvalue weighted by Crippen LogP contribution is 2.33. The Kier molecular flexibility index (Phi) is 5.03. The predicted molar refractivity (Wildman–Crippen MR) is 68.5 cm³/mol. The third kappa shape index (κ3) is 3.48. The third-order valence-corrected chi connectivity index (χ3v) is 3.53. The molecule has 0 aliphatic heterocycles. The molecule has 1 aromatic heterocycles. The van der Waals surface area contributed by atoms with Crippen LogP contribution < -0.4 is 0 Å². The van der Waals surface area contributed by atoms with Gasteiger partial charge in [0.25, 0.3) is 0 Å². The SMILES string of the molecule is CCCCCC(C)(CC)c1nc(C)cnc1F. The fourth-order valence-corrected chi connectivity index (χ4v) is 2.07. The average Bonchev–Trinajstić information content (AvgIpc) is 2.32. The molecular formula is C14H23FN2. The lowest BCUT2D eigenvalue weighted by molar-refractivity contribution is 0.362. The molecule has 0 N–H and O–H groups in total. The number of nitrogens with zero attached hydrogens (tertiary/aromatic N) is 2. The van der Waals surface area contributed by atoms with Gasteiger partial charge in [0, 0.05) is 5.41 Å². The molecule has 0 radical (unpaired) electrons. The number of rotatable bonds is 6.